The van der Waals surface area contributed by atoms with Crippen LogP contribution in [0.3, 0.4) is 0 Å². The third-order valence-electron chi connectivity index (χ3n) is 3.06. The zero-order valence-corrected chi connectivity index (χ0v) is 11.5. The monoisotopic (exact) mass is 234 g/mol. The molecule has 0 radical (unpaired) electrons. The maximum atomic E-state index is 2.41. The Morgan fingerprint density at radius 3 is 1.53 bits per heavy atom. The molecule has 0 saturated carbocycles. The summed E-state index contributed by atoms with van der Waals surface area (Å²) in [6.45, 7) is 9.08. The number of allylic oxidation sites excluding steroid dienone is 8. The summed E-state index contributed by atoms with van der Waals surface area (Å²) in [6, 6.07) is 0. The van der Waals surface area contributed by atoms with Gasteiger partial charge < -0.3 is 0 Å². The molecule has 0 spiro atoms. The SMILES string of the molecule is CC1=CC(C)[C]([Ti][C]2=CC(C)=CC2C)=C1. The molecule has 0 bridgehead atoms. The second-order valence-corrected chi connectivity index (χ2v) is 6.92. The van der Waals surface area contributed by atoms with Gasteiger partial charge in [-0.05, 0) is 0 Å². The van der Waals surface area contributed by atoms with Gasteiger partial charge in [0.25, 0.3) is 0 Å². The first-order valence-electron chi connectivity index (χ1n) is 5.63. The van der Waals surface area contributed by atoms with Crippen LogP contribution in [-0.4, -0.2) is 0 Å². The first kappa shape index (κ1) is 11.2. The predicted molar refractivity (Wildman–Crippen MR) is 62.0 cm³/mol. The van der Waals surface area contributed by atoms with Crippen molar-refractivity contribution in [3.63, 3.8) is 0 Å². The normalized spacial score (nSPS) is 29.6. The van der Waals surface area contributed by atoms with Crippen molar-refractivity contribution < 1.29 is 19.2 Å². The number of hydrogen-bond donors (Lipinski definition) is 0. The van der Waals surface area contributed by atoms with Crippen LogP contribution in [0, 0.1) is 11.8 Å². The Balaban J connectivity index is 2.07. The topological polar surface area (TPSA) is 0 Å². The van der Waals surface area contributed by atoms with Gasteiger partial charge in [-0.15, -0.1) is 0 Å². The van der Waals surface area contributed by atoms with E-state index >= 15 is 0 Å². The van der Waals surface area contributed by atoms with Gasteiger partial charge in [0.1, 0.15) is 0 Å². The summed E-state index contributed by atoms with van der Waals surface area (Å²) in [5, 5.41) is 0. The van der Waals surface area contributed by atoms with Crippen LogP contribution in [-0.2, 0) is 19.2 Å². The van der Waals surface area contributed by atoms with E-state index < -0.39 is 0 Å². The van der Waals surface area contributed by atoms with Gasteiger partial charge in [0.05, 0.1) is 0 Å². The molecule has 2 rings (SSSR count). The Morgan fingerprint density at radius 2 is 1.27 bits per heavy atom. The minimum atomic E-state index is -0.0430. The maximum absolute atomic E-state index is 2.41. The van der Waals surface area contributed by atoms with Crippen LogP contribution < -0.4 is 0 Å². The summed E-state index contributed by atoms with van der Waals surface area (Å²) in [7, 11) is 0. The van der Waals surface area contributed by atoms with E-state index in [2.05, 4.69) is 52.0 Å². The van der Waals surface area contributed by atoms with Crippen molar-refractivity contribution in [1.82, 2.24) is 0 Å². The summed E-state index contributed by atoms with van der Waals surface area (Å²) in [6.07, 6.45) is 9.59. The van der Waals surface area contributed by atoms with Crippen molar-refractivity contribution in [1.29, 1.82) is 0 Å². The molecule has 2 aliphatic rings. The van der Waals surface area contributed by atoms with Crippen LogP contribution in [0.15, 0.2) is 43.2 Å². The fraction of sp³-hybridized carbons (Fsp3) is 0.429. The molecule has 0 aliphatic heterocycles. The Kier molecular flexibility index (Phi) is 3.18. The second kappa shape index (κ2) is 4.27. The zero-order valence-electron chi connectivity index (χ0n) is 9.96. The molecule has 2 atom stereocenters. The quantitative estimate of drug-likeness (QED) is 0.633. The molecule has 15 heavy (non-hydrogen) atoms. The van der Waals surface area contributed by atoms with Gasteiger partial charge >= 0.3 is 102 Å². The first-order valence-corrected chi connectivity index (χ1v) is 7.19. The molecule has 0 amide bonds. The molecule has 0 nitrogen and oxygen atoms in total. The minimum absolute atomic E-state index is 0.0430. The van der Waals surface area contributed by atoms with Gasteiger partial charge in [-0.1, -0.05) is 0 Å². The van der Waals surface area contributed by atoms with Gasteiger partial charge in [-0.3, -0.25) is 0 Å². The van der Waals surface area contributed by atoms with E-state index in [0.29, 0.717) is 11.8 Å². The average molecular weight is 234 g/mol. The van der Waals surface area contributed by atoms with Crippen molar-refractivity contribution in [2.75, 3.05) is 0 Å². The standard InChI is InChI=1S/2C7H9.Ti/c2*1-6-3-4-7(2)5-6;/h2*3,5,7H,1-2H3;. The Bertz CT molecular complexity index is 356. The fourth-order valence-corrected chi connectivity index (χ4v) is 4.71. The molecule has 2 unspecified atom stereocenters. The molecule has 0 saturated heterocycles. The molecule has 0 N–H and O–H groups in total. The Morgan fingerprint density at radius 1 is 0.867 bits per heavy atom. The fourth-order valence-electron chi connectivity index (χ4n) is 2.28. The second-order valence-electron chi connectivity index (χ2n) is 4.72. The Hall–Kier alpha value is -0.326. The van der Waals surface area contributed by atoms with E-state index in [9.17, 15) is 0 Å². The summed E-state index contributed by atoms with van der Waals surface area (Å²) < 4.78 is 3.40. The molecule has 78 valence electrons. The van der Waals surface area contributed by atoms with Crippen molar-refractivity contribution in [3.8, 4) is 0 Å². The molecular weight excluding hydrogens is 216 g/mol. The number of rotatable bonds is 2. The van der Waals surface area contributed by atoms with Crippen molar-refractivity contribution in [2.45, 2.75) is 27.7 Å². The van der Waals surface area contributed by atoms with Crippen LogP contribution in [0.1, 0.15) is 27.7 Å². The van der Waals surface area contributed by atoms with E-state index in [1.54, 1.807) is 7.76 Å². The first-order chi connectivity index (χ1) is 7.06. The van der Waals surface area contributed by atoms with Crippen LogP contribution in [0.2, 0.25) is 0 Å². The van der Waals surface area contributed by atoms with Crippen molar-refractivity contribution in [2.24, 2.45) is 11.8 Å². The van der Waals surface area contributed by atoms with E-state index in [1.165, 1.54) is 11.1 Å². The molecule has 0 fully saturated rings. The summed E-state index contributed by atoms with van der Waals surface area (Å²) in [5.74, 6) is 1.39. The summed E-state index contributed by atoms with van der Waals surface area (Å²) in [4.78, 5) is 0. The van der Waals surface area contributed by atoms with E-state index in [1.807, 2.05) is 0 Å². The number of hydrogen-bond acceptors (Lipinski definition) is 0. The third-order valence-corrected chi connectivity index (χ3v) is 5.84. The van der Waals surface area contributed by atoms with Gasteiger partial charge in [-0.25, -0.2) is 0 Å². The molecule has 0 aromatic rings. The molecule has 0 heterocycles. The summed E-state index contributed by atoms with van der Waals surface area (Å²) in [5.41, 5.74) is 2.91. The van der Waals surface area contributed by atoms with Gasteiger partial charge in [-0.2, -0.15) is 0 Å². The molecule has 1 heteroatoms. The van der Waals surface area contributed by atoms with Crippen molar-refractivity contribution in [3.05, 3.63) is 43.2 Å². The molecule has 2 aliphatic carbocycles. The zero-order chi connectivity index (χ0) is 11.0. The van der Waals surface area contributed by atoms with E-state index in [4.69, 9.17) is 0 Å². The van der Waals surface area contributed by atoms with Crippen LogP contribution in [0.4, 0.5) is 0 Å². The van der Waals surface area contributed by atoms with Crippen LogP contribution >= 0.6 is 0 Å². The van der Waals surface area contributed by atoms with Gasteiger partial charge in [0, 0.05) is 0 Å². The van der Waals surface area contributed by atoms with Gasteiger partial charge in [0.2, 0.25) is 0 Å². The third kappa shape index (κ3) is 2.43. The summed E-state index contributed by atoms with van der Waals surface area (Å²) >= 11 is -0.0430. The average Bonchev–Trinajstić information content (AvgIpc) is 2.58. The van der Waals surface area contributed by atoms with E-state index in [0.717, 1.165) is 0 Å². The molecule has 0 aromatic carbocycles. The predicted octanol–water partition coefficient (Wildman–Crippen LogP) is 4.03. The van der Waals surface area contributed by atoms with E-state index in [-0.39, 0.29) is 19.2 Å². The molecular formula is C14H18Ti. The van der Waals surface area contributed by atoms with Crippen LogP contribution in [0.5, 0.6) is 0 Å². The molecule has 0 aromatic heterocycles. The Labute approximate surface area is 102 Å². The van der Waals surface area contributed by atoms with Crippen LogP contribution in [0.25, 0.3) is 0 Å². The van der Waals surface area contributed by atoms with Crippen molar-refractivity contribution >= 4 is 0 Å². The van der Waals surface area contributed by atoms with Gasteiger partial charge in [0.15, 0.2) is 0 Å².